The number of carbonyl (C=O) groups is 2. The van der Waals surface area contributed by atoms with Crippen molar-refractivity contribution in [2.24, 2.45) is 0 Å². The molecule has 0 radical (unpaired) electrons. The van der Waals surface area contributed by atoms with Crippen LogP contribution in [0.4, 0.5) is 4.79 Å². The molecule has 1 fully saturated rings. The molecule has 0 bridgehead atoms. The van der Waals surface area contributed by atoms with Crippen molar-refractivity contribution in [1.82, 2.24) is 15.5 Å². The normalized spacial score (nSPS) is 15.6. The second kappa shape index (κ2) is 9.87. The summed E-state index contributed by atoms with van der Waals surface area (Å²) in [7, 11) is 0. The molecule has 0 aliphatic carbocycles. The highest BCUT2D eigenvalue weighted by Crippen LogP contribution is 2.15. The third-order valence-corrected chi connectivity index (χ3v) is 4.71. The van der Waals surface area contributed by atoms with E-state index in [1.54, 1.807) is 12.1 Å². The van der Waals surface area contributed by atoms with Crippen molar-refractivity contribution in [3.63, 3.8) is 0 Å². The number of benzene rings is 2. The number of hydrogen-bond acceptors (Lipinski definition) is 4. The van der Waals surface area contributed by atoms with Crippen LogP contribution in [0.3, 0.4) is 0 Å². The van der Waals surface area contributed by atoms with Crippen molar-refractivity contribution >= 4 is 12.0 Å². The number of hydrogen-bond donors (Lipinski definition) is 3. The van der Waals surface area contributed by atoms with Gasteiger partial charge in [-0.2, -0.15) is 0 Å². The summed E-state index contributed by atoms with van der Waals surface area (Å²) in [5.74, 6) is -0.967. The molecule has 3 rings (SSSR count). The summed E-state index contributed by atoms with van der Waals surface area (Å²) in [5.41, 5.74) is 2.11. The predicted octanol–water partition coefficient (Wildman–Crippen LogP) is 2.26. The Kier molecular flexibility index (Phi) is 7.00. The summed E-state index contributed by atoms with van der Waals surface area (Å²) in [4.78, 5) is 25.6. The van der Waals surface area contributed by atoms with Crippen LogP contribution in [0.1, 0.15) is 27.5 Å². The fourth-order valence-corrected chi connectivity index (χ4v) is 3.12. The molecule has 1 saturated heterocycles. The van der Waals surface area contributed by atoms with Crippen molar-refractivity contribution in [2.75, 3.05) is 32.8 Å². The van der Waals surface area contributed by atoms with Gasteiger partial charge in [0.15, 0.2) is 0 Å². The minimum atomic E-state index is -0.967. The highest BCUT2D eigenvalue weighted by molar-refractivity contribution is 5.87. The molecule has 1 aliphatic rings. The van der Waals surface area contributed by atoms with Gasteiger partial charge < -0.3 is 20.5 Å². The third kappa shape index (κ3) is 5.80. The van der Waals surface area contributed by atoms with E-state index >= 15 is 0 Å². The maximum Gasteiger partial charge on any atom is 0.335 e. The number of carboxylic acid groups (broad SMARTS) is 1. The molecule has 0 spiro atoms. The lowest BCUT2D eigenvalue weighted by molar-refractivity contribution is 0.0339. The van der Waals surface area contributed by atoms with Gasteiger partial charge in [-0.05, 0) is 23.3 Å². The smallest absolute Gasteiger partial charge is 0.335 e. The molecule has 1 heterocycles. The Hall–Kier alpha value is -2.90. The van der Waals surface area contributed by atoms with E-state index in [-0.39, 0.29) is 17.6 Å². The van der Waals surface area contributed by atoms with E-state index < -0.39 is 5.97 Å². The first-order valence-corrected chi connectivity index (χ1v) is 9.33. The van der Waals surface area contributed by atoms with Gasteiger partial charge in [-0.3, -0.25) is 4.90 Å². The number of amides is 2. The van der Waals surface area contributed by atoms with Gasteiger partial charge in [0.05, 0.1) is 24.8 Å². The lowest BCUT2D eigenvalue weighted by Gasteiger charge is -2.31. The van der Waals surface area contributed by atoms with Gasteiger partial charge in [0.1, 0.15) is 0 Å². The van der Waals surface area contributed by atoms with E-state index in [0.717, 1.165) is 24.2 Å². The highest BCUT2D eigenvalue weighted by Gasteiger charge is 2.20. The molecule has 0 saturated carbocycles. The average Bonchev–Trinajstić information content (AvgIpc) is 2.73. The van der Waals surface area contributed by atoms with E-state index in [9.17, 15) is 9.59 Å². The standard InChI is InChI=1S/C21H25N3O4/c25-20(26)18-8-6-16(7-9-18)14-22-21(27)23-19(17-4-2-1-3-5-17)15-24-10-12-28-13-11-24/h1-9,19H,10-15H2,(H,25,26)(H2,22,23,27). The zero-order valence-electron chi connectivity index (χ0n) is 15.6. The topological polar surface area (TPSA) is 90.9 Å². The number of nitrogens with one attached hydrogen (secondary N) is 2. The number of nitrogens with zero attached hydrogens (tertiary/aromatic N) is 1. The summed E-state index contributed by atoms with van der Waals surface area (Å²) in [6.07, 6.45) is 0. The molecule has 2 amide bonds. The lowest BCUT2D eigenvalue weighted by Crippen LogP contribution is -2.45. The van der Waals surface area contributed by atoms with Gasteiger partial charge in [0.2, 0.25) is 0 Å². The zero-order valence-corrected chi connectivity index (χ0v) is 15.6. The van der Waals surface area contributed by atoms with Gasteiger partial charge in [-0.1, -0.05) is 42.5 Å². The fraction of sp³-hybridized carbons (Fsp3) is 0.333. The molecule has 1 aliphatic heterocycles. The van der Waals surface area contributed by atoms with Gasteiger partial charge in [-0.15, -0.1) is 0 Å². The number of ether oxygens (including phenoxy) is 1. The second-order valence-corrected chi connectivity index (χ2v) is 6.71. The molecule has 2 aromatic carbocycles. The average molecular weight is 383 g/mol. The first-order chi connectivity index (χ1) is 13.6. The number of rotatable bonds is 7. The van der Waals surface area contributed by atoms with Crippen molar-refractivity contribution in [3.05, 3.63) is 71.3 Å². The molecule has 3 N–H and O–H groups in total. The van der Waals surface area contributed by atoms with Crippen LogP contribution < -0.4 is 10.6 Å². The Labute approximate surface area is 164 Å². The summed E-state index contributed by atoms with van der Waals surface area (Å²) < 4.78 is 5.40. The van der Waals surface area contributed by atoms with Crippen LogP contribution in [0, 0.1) is 0 Å². The quantitative estimate of drug-likeness (QED) is 0.682. The number of morpholine rings is 1. The first-order valence-electron chi connectivity index (χ1n) is 9.33. The zero-order chi connectivity index (χ0) is 19.8. The fourth-order valence-electron chi connectivity index (χ4n) is 3.12. The van der Waals surface area contributed by atoms with E-state index in [1.165, 1.54) is 12.1 Å². The Morgan fingerprint density at radius 1 is 1.04 bits per heavy atom. The van der Waals surface area contributed by atoms with E-state index in [0.29, 0.717) is 26.3 Å². The van der Waals surface area contributed by atoms with Crippen LogP contribution in [0.2, 0.25) is 0 Å². The summed E-state index contributed by atoms with van der Waals surface area (Å²) in [6.45, 7) is 4.16. The number of urea groups is 1. The van der Waals surface area contributed by atoms with Gasteiger partial charge >= 0.3 is 12.0 Å². The van der Waals surface area contributed by atoms with Crippen molar-refractivity contribution in [2.45, 2.75) is 12.6 Å². The molecule has 7 heteroatoms. The largest absolute Gasteiger partial charge is 0.478 e. The summed E-state index contributed by atoms with van der Waals surface area (Å²) in [5, 5.41) is 14.8. The van der Waals surface area contributed by atoms with Crippen LogP contribution in [-0.2, 0) is 11.3 Å². The monoisotopic (exact) mass is 383 g/mol. The van der Waals surface area contributed by atoms with Crippen LogP contribution in [0.5, 0.6) is 0 Å². The Bertz CT molecular complexity index is 774. The molecule has 1 atom stereocenters. The molecule has 2 aromatic rings. The Morgan fingerprint density at radius 2 is 1.71 bits per heavy atom. The van der Waals surface area contributed by atoms with Crippen LogP contribution in [0.15, 0.2) is 54.6 Å². The number of carbonyl (C=O) groups excluding carboxylic acids is 1. The van der Waals surface area contributed by atoms with Crippen LogP contribution >= 0.6 is 0 Å². The second-order valence-electron chi connectivity index (χ2n) is 6.71. The lowest BCUT2D eigenvalue weighted by atomic mass is 10.1. The first kappa shape index (κ1) is 19.9. The molecule has 1 unspecified atom stereocenters. The van der Waals surface area contributed by atoms with E-state index in [2.05, 4.69) is 15.5 Å². The molecular weight excluding hydrogens is 358 g/mol. The molecule has 148 valence electrons. The molecule has 7 nitrogen and oxygen atoms in total. The van der Waals surface area contributed by atoms with Crippen molar-refractivity contribution in [3.8, 4) is 0 Å². The Balaban J connectivity index is 1.57. The summed E-state index contributed by atoms with van der Waals surface area (Å²) >= 11 is 0. The van der Waals surface area contributed by atoms with Crippen LogP contribution in [0.25, 0.3) is 0 Å². The van der Waals surface area contributed by atoms with Crippen LogP contribution in [-0.4, -0.2) is 54.9 Å². The van der Waals surface area contributed by atoms with Crippen molar-refractivity contribution < 1.29 is 19.4 Å². The minimum Gasteiger partial charge on any atom is -0.478 e. The van der Waals surface area contributed by atoms with E-state index in [4.69, 9.17) is 9.84 Å². The predicted molar refractivity (Wildman–Crippen MR) is 105 cm³/mol. The third-order valence-electron chi connectivity index (χ3n) is 4.71. The van der Waals surface area contributed by atoms with Crippen molar-refractivity contribution in [1.29, 1.82) is 0 Å². The molecular formula is C21H25N3O4. The number of aromatic carboxylic acids is 1. The maximum absolute atomic E-state index is 12.5. The molecule has 28 heavy (non-hydrogen) atoms. The van der Waals surface area contributed by atoms with E-state index in [1.807, 2.05) is 30.3 Å². The minimum absolute atomic E-state index is 0.131. The van der Waals surface area contributed by atoms with Gasteiger partial charge in [0, 0.05) is 26.2 Å². The van der Waals surface area contributed by atoms with Gasteiger partial charge in [-0.25, -0.2) is 9.59 Å². The Morgan fingerprint density at radius 3 is 2.36 bits per heavy atom. The SMILES string of the molecule is O=C(NCc1ccc(C(=O)O)cc1)NC(CN1CCOCC1)c1ccccc1. The number of carboxylic acids is 1. The molecule has 0 aromatic heterocycles. The maximum atomic E-state index is 12.5. The summed E-state index contributed by atoms with van der Waals surface area (Å²) in [6, 6.07) is 16.0. The highest BCUT2D eigenvalue weighted by atomic mass is 16.5. The van der Waals surface area contributed by atoms with Gasteiger partial charge in [0.25, 0.3) is 0 Å².